The molecule has 0 amide bonds. The number of methoxy groups -OCH3 is 1. The van der Waals surface area contributed by atoms with Gasteiger partial charge in [-0.2, -0.15) is 0 Å². The Kier molecular flexibility index (Phi) is 3.59. The lowest BCUT2D eigenvalue weighted by molar-refractivity contribution is -0.154. The minimum absolute atomic E-state index is 0.138. The molecule has 0 atom stereocenters. The van der Waals surface area contributed by atoms with Gasteiger partial charge in [0.15, 0.2) is 0 Å². The normalized spacial score (nSPS) is 18.4. The Morgan fingerprint density at radius 2 is 1.89 bits per heavy atom. The van der Waals surface area contributed by atoms with Crippen molar-refractivity contribution in [1.82, 2.24) is 0 Å². The van der Waals surface area contributed by atoms with E-state index in [1.807, 2.05) is 24.3 Å². The second-order valence-electron chi connectivity index (χ2n) is 4.59. The highest BCUT2D eigenvalue weighted by Crippen LogP contribution is 2.23. The lowest BCUT2D eigenvalue weighted by atomic mass is 9.75. The van der Waals surface area contributed by atoms with Crippen LogP contribution in [0.2, 0.25) is 0 Å². The molecule has 1 heterocycles. The Hall–Kier alpha value is -1.53. The minimum Gasteiger partial charge on any atom is -0.497 e. The number of carbonyl (C=O) groups is 1. The molecule has 5 nitrogen and oxygen atoms in total. The lowest BCUT2D eigenvalue weighted by Crippen LogP contribution is -2.51. The first-order valence-corrected chi connectivity index (χ1v) is 5.66. The van der Waals surface area contributed by atoms with Crippen LogP contribution in [0.4, 0.5) is 0 Å². The molecule has 1 aliphatic rings. The van der Waals surface area contributed by atoms with Crippen LogP contribution in [0.1, 0.15) is 6.92 Å². The van der Waals surface area contributed by atoms with Crippen molar-refractivity contribution in [2.24, 2.45) is 5.41 Å². The van der Waals surface area contributed by atoms with E-state index in [-0.39, 0.29) is 13.2 Å². The summed E-state index contributed by atoms with van der Waals surface area (Å²) in [6.45, 7) is 1.89. The first-order chi connectivity index (χ1) is 8.55. The Morgan fingerprint density at radius 1 is 1.33 bits per heavy atom. The zero-order valence-electron chi connectivity index (χ0n) is 10.4. The molecule has 1 aliphatic heterocycles. The second kappa shape index (κ2) is 5.00. The highest BCUT2D eigenvalue weighted by atomic mass is 16.6. The van der Waals surface area contributed by atoms with E-state index in [0.717, 1.165) is 11.2 Å². The molecule has 1 fully saturated rings. The van der Waals surface area contributed by atoms with Crippen molar-refractivity contribution in [3.05, 3.63) is 24.3 Å². The largest absolute Gasteiger partial charge is 0.497 e. The summed E-state index contributed by atoms with van der Waals surface area (Å²) >= 11 is 0. The van der Waals surface area contributed by atoms with E-state index in [1.54, 1.807) is 14.0 Å². The molecular weight excluding hydrogens is 235 g/mol. The van der Waals surface area contributed by atoms with E-state index in [0.29, 0.717) is 0 Å². The van der Waals surface area contributed by atoms with Crippen LogP contribution in [0, 0.1) is 5.41 Å². The van der Waals surface area contributed by atoms with Crippen LogP contribution >= 0.6 is 0 Å². The van der Waals surface area contributed by atoms with Gasteiger partial charge in [0.1, 0.15) is 11.2 Å². The molecular formula is C12H15BO5. The van der Waals surface area contributed by atoms with Crippen molar-refractivity contribution in [1.29, 1.82) is 0 Å². The van der Waals surface area contributed by atoms with Crippen LogP contribution in [-0.2, 0) is 14.1 Å². The monoisotopic (exact) mass is 250 g/mol. The maximum atomic E-state index is 11.0. The van der Waals surface area contributed by atoms with E-state index in [1.165, 1.54) is 0 Å². The number of rotatable bonds is 3. The number of ether oxygens (including phenoxy) is 1. The predicted octanol–water partition coefficient (Wildman–Crippen LogP) is 0.528. The molecule has 2 rings (SSSR count). The van der Waals surface area contributed by atoms with Crippen molar-refractivity contribution in [3.63, 3.8) is 0 Å². The predicted molar refractivity (Wildman–Crippen MR) is 66.0 cm³/mol. The van der Waals surface area contributed by atoms with E-state index in [9.17, 15) is 4.79 Å². The van der Waals surface area contributed by atoms with Gasteiger partial charge < -0.3 is 19.2 Å². The van der Waals surface area contributed by atoms with Gasteiger partial charge in [-0.3, -0.25) is 4.79 Å². The summed E-state index contributed by atoms with van der Waals surface area (Å²) in [5, 5.41) is 9.05. The summed E-state index contributed by atoms with van der Waals surface area (Å²) in [5.41, 5.74) is -0.119. The maximum Gasteiger partial charge on any atom is 0.493 e. The standard InChI is InChI=1S/C12H15BO5/c1-12(11(14)15)7-17-13(18-8-12)9-3-5-10(16-2)6-4-9/h3-6H,7-8H2,1-2H3,(H,14,15). The molecule has 96 valence electrons. The molecule has 1 aromatic rings. The number of hydrogen-bond acceptors (Lipinski definition) is 4. The fraction of sp³-hybridized carbons (Fsp3) is 0.417. The molecule has 1 N–H and O–H groups in total. The summed E-state index contributed by atoms with van der Waals surface area (Å²) in [7, 11) is 1.09. The van der Waals surface area contributed by atoms with Gasteiger partial charge >= 0.3 is 13.1 Å². The highest BCUT2D eigenvalue weighted by molar-refractivity contribution is 6.61. The number of aliphatic carboxylic acids is 1. The Balaban J connectivity index is 2.03. The number of hydrogen-bond donors (Lipinski definition) is 1. The molecule has 0 radical (unpaired) electrons. The SMILES string of the molecule is COc1ccc(B2OCC(C)(C(=O)O)CO2)cc1. The molecule has 6 heteroatoms. The minimum atomic E-state index is -0.969. The Bertz CT molecular complexity index is 423. The highest BCUT2D eigenvalue weighted by Gasteiger charge is 2.41. The van der Waals surface area contributed by atoms with Gasteiger partial charge in [0.05, 0.1) is 7.11 Å². The van der Waals surface area contributed by atoms with Gasteiger partial charge in [-0.05, 0) is 24.5 Å². The van der Waals surface area contributed by atoms with Crippen LogP contribution in [0.25, 0.3) is 0 Å². The van der Waals surface area contributed by atoms with Crippen molar-refractivity contribution in [2.75, 3.05) is 20.3 Å². The van der Waals surface area contributed by atoms with Crippen molar-refractivity contribution in [2.45, 2.75) is 6.92 Å². The molecule has 18 heavy (non-hydrogen) atoms. The molecule has 0 unspecified atom stereocenters. The van der Waals surface area contributed by atoms with Gasteiger partial charge in [-0.1, -0.05) is 12.1 Å². The van der Waals surface area contributed by atoms with Gasteiger partial charge in [-0.25, -0.2) is 0 Å². The molecule has 0 spiro atoms. The summed E-state index contributed by atoms with van der Waals surface area (Å²) < 4.78 is 16.0. The third kappa shape index (κ3) is 2.49. The molecule has 0 aromatic heterocycles. The quantitative estimate of drug-likeness (QED) is 0.792. The van der Waals surface area contributed by atoms with E-state index < -0.39 is 18.5 Å². The third-order valence-electron chi connectivity index (χ3n) is 3.01. The molecule has 0 saturated carbocycles. The first kappa shape index (κ1) is 12.9. The van der Waals surface area contributed by atoms with Crippen molar-refractivity contribution < 1.29 is 23.9 Å². The smallest absolute Gasteiger partial charge is 0.493 e. The van der Waals surface area contributed by atoms with E-state index >= 15 is 0 Å². The Morgan fingerprint density at radius 3 is 2.33 bits per heavy atom. The summed E-state index contributed by atoms with van der Waals surface area (Å²) in [6.07, 6.45) is 0. The van der Waals surface area contributed by atoms with Crippen molar-refractivity contribution in [3.8, 4) is 5.75 Å². The fourth-order valence-electron chi connectivity index (χ4n) is 1.69. The second-order valence-corrected chi connectivity index (χ2v) is 4.59. The zero-order chi connectivity index (χ0) is 13.2. The van der Waals surface area contributed by atoms with Crippen LogP contribution in [0.3, 0.4) is 0 Å². The van der Waals surface area contributed by atoms with Gasteiger partial charge in [0, 0.05) is 13.2 Å². The van der Waals surface area contributed by atoms with Gasteiger partial charge in [0.25, 0.3) is 0 Å². The fourth-order valence-corrected chi connectivity index (χ4v) is 1.69. The summed E-state index contributed by atoms with van der Waals surface area (Å²) in [5.74, 6) is -0.152. The summed E-state index contributed by atoms with van der Waals surface area (Å²) in [6, 6.07) is 7.31. The van der Waals surface area contributed by atoms with E-state index in [4.69, 9.17) is 19.2 Å². The topological polar surface area (TPSA) is 65.0 Å². The molecule has 1 aromatic carbocycles. The average molecular weight is 250 g/mol. The van der Waals surface area contributed by atoms with Crippen LogP contribution in [0.5, 0.6) is 5.75 Å². The third-order valence-corrected chi connectivity index (χ3v) is 3.01. The lowest BCUT2D eigenvalue weighted by Gasteiger charge is -2.32. The number of carboxylic acid groups (broad SMARTS) is 1. The van der Waals surface area contributed by atoms with Crippen molar-refractivity contribution >= 4 is 18.6 Å². The number of carboxylic acids is 1. The van der Waals surface area contributed by atoms with Crippen LogP contribution in [0.15, 0.2) is 24.3 Å². The number of benzene rings is 1. The first-order valence-electron chi connectivity index (χ1n) is 5.66. The van der Waals surface area contributed by atoms with Gasteiger partial charge in [0.2, 0.25) is 0 Å². The summed E-state index contributed by atoms with van der Waals surface area (Å²) in [4.78, 5) is 11.0. The zero-order valence-corrected chi connectivity index (χ0v) is 10.4. The molecule has 1 saturated heterocycles. The van der Waals surface area contributed by atoms with Crippen LogP contribution < -0.4 is 10.2 Å². The average Bonchev–Trinajstić information content (AvgIpc) is 2.40. The molecule has 0 aliphatic carbocycles. The maximum absolute atomic E-state index is 11.0. The molecule has 0 bridgehead atoms. The Labute approximate surface area is 106 Å². The van der Waals surface area contributed by atoms with Gasteiger partial charge in [-0.15, -0.1) is 0 Å². The van der Waals surface area contributed by atoms with Crippen LogP contribution in [-0.4, -0.2) is 38.5 Å². The van der Waals surface area contributed by atoms with E-state index in [2.05, 4.69) is 0 Å².